The predicted molar refractivity (Wildman–Crippen MR) is 73.0 cm³/mol. The maximum absolute atomic E-state index is 9.16. The minimum Gasteiger partial charge on any atom is -0.370 e. The quantitative estimate of drug-likeness (QED) is 0.771. The van der Waals surface area contributed by atoms with Crippen LogP contribution in [0.2, 0.25) is 0 Å². The monoisotopic (exact) mass is 230 g/mol. The van der Waals surface area contributed by atoms with E-state index in [0.29, 0.717) is 11.8 Å². The normalized spacial score (nSPS) is 10.6. The van der Waals surface area contributed by atoms with Gasteiger partial charge in [-0.2, -0.15) is 5.26 Å². The van der Waals surface area contributed by atoms with Crippen LogP contribution in [-0.2, 0) is 0 Å². The van der Waals surface area contributed by atoms with Crippen molar-refractivity contribution in [1.82, 2.24) is 0 Å². The highest BCUT2D eigenvalue weighted by atomic mass is 15.1. The van der Waals surface area contributed by atoms with Crippen LogP contribution in [0.4, 0.5) is 5.69 Å². The minimum atomic E-state index is 0.598. The number of hydrogen-bond donors (Lipinski definition) is 0. The second-order valence-electron chi connectivity index (χ2n) is 5.32. The number of anilines is 1. The van der Waals surface area contributed by atoms with E-state index >= 15 is 0 Å². The maximum Gasteiger partial charge on any atom is 0.101 e. The van der Waals surface area contributed by atoms with Gasteiger partial charge in [0.15, 0.2) is 0 Å². The van der Waals surface area contributed by atoms with Gasteiger partial charge in [-0.05, 0) is 24.0 Å². The van der Waals surface area contributed by atoms with Crippen LogP contribution in [0, 0.1) is 23.2 Å². The largest absolute Gasteiger partial charge is 0.370 e. The Hall–Kier alpha value is -1.49. The molecule has 0 radical (unpaired) electrons. The van der Waals surface area contributed by atoms with Crippen LogP contribution in [0.25, 0.3) is 0 Å². The van der Waals surface area contributed by atoms with E-state index in [0.717, 1.165) is 24.3 Å². The van der Waals surface area contributed by atoms with Gasteiger partial charge < -0.3 is 4.90 Å². The molecule has 1 aromatic rings. The third-order valence-corrected chi connectivity index (χ3v) is 2.54. The molecule has 0 heterocycles. The standard InChI is InChI=1S/C15H22N2/c1-12(2)10-17(11-13(3)4)15-8-6-5-7-14(15)9-16/h5-8,12-13H,10-11H2,1-4H3. The molecule has 0 saturated carbocycles. The van der Waals surface area contributed by atoms with E-state index in [2.05, 4.69) is 38.7 Å². The Morgan fingerprint density at radius 3 is 2.06 bits per heavy atom. The molecule has 92 valence electrons. The summed E-state index contributed by atoms with van der Waals surface area (Å²) < 4.78 is 0. The van der Waals surface area contributed by atoms with Crippen molar-refractivity contribution in [2.45, 2.75) is 27.7 Å². The third kappa shape index (κ3) is 4.11. The molecule has 2 heteroatoms. The molecular weight excluding hydrogens is 208 g/mol. The number of para-hydroxylation sites is 1. The molecule has 2 nitrogen and oxygen atoms in total. The first-order valence-corrected chi connectivity index (χ1v) is 6.28. The Bertz CT molecular complexity index is 378. The topological polar surface area (TPSA) is 27.0 Å². The number of nitrogens with zero attached hydrogens (tertiary/aromatic N) is 2. The Morgan fingerprint density at radius 2 is 1.59 bits per heavy atom. The molecular formula is C15H22N2. The first kappa shape index (κ1) is 13.6. The number of nitriles is 1. The van der Waals surface area contributed by atoms with E-state index < -0.39 is 0 Å². The molecule has 0 unspecified atom stereocenters. The van der Waals surface area contributed by atoms with Crippen molar-refractivity contribution in [2.75, 3.05) is 18.0 Å². The smallest absolute Gasteiger partial charge is 0.101 e. The number of benzene rings is 1. The van der Waals surface area contributed by atoms with Crippen molar-refractivity contribution in [1.29, 1.82) is 5.26 Å². The second kappa shape index (κ2) is 6.30. The van der Waals surface area contributed by atoms with Gasteiger partial charge in [0.2, 0.25) is 0 Å². The molecule has 0 bridgehead atoms. The van der Waals surface area contributed by atoms with Gasteiger partial charge in [-0.15, -0.1) is 0 Å². The van der Waals surface area contributed by atoms with Gasteiger partial charge in [0.25, 0.3) is 0 Å². The highest BCUT2D eigenvalue weighted by Gasteiger charge is 2.13. The summed E-state index contributed by atoms with van der Waals surface area (Å²) in [6.45, 7) is 10.8. The lowest BCUT2D eigenvalue weighted by molar-refractivity contribution is 0.552. The molecule has 0 fully saturated rings. The van der Waals surface area contributed by atoms with Gasteiger partial charge in [0.05, 0.1) is 11.3 Å². The van der Waals surface area contributed by atoms with Gasteiger partial charge in [-0.25, -0.2) is 0 Å². The van der Waals surface area contributed by atoms with Gasteiger partial charge in [0.1, 0.15) is 6.07 Å². The van der Waals surface area contributed by atoms with E-state index in [1.165, 1.54) is 0 Å². The van der Waals surface area contributed by atoms with Crippen LogP contribution in [0.1, 0.15) is 33.3 Å². The summed E-state index contributed by atoms with van der Waals surface area (Å²) in [6, 6.07) is 10.1. The Morgan fingerprint density at radius 1 is 1.06 bits per heavy atom. The Kier molecular flexibility index (Phi) is 5.03. The van der Waals surface area contributed by atoms with Gasteiger partial charge >= 0.3 is 0 Å². The zero-order valence-electron chi connectivity index (χ0n) is 11.3. The van der Waals surface area contributed by atoms with Crippen molar-refractivity contribution in [3.63, 3.8) is 0 Å². The predicted octanol–water partition coefficient (Wildman–Crippen LogP) is 3.68. The molecule has 0 saturated heterocycles. The molecule has 17 heavy (non-hydrogen) atoms. The number of rotatable bonds is 5. The summed E-state index contributed by atoms with van der Waals surface area (Å²) >= 11 is 0. The van der Waals surface area contributed by atoms with Crippen LogP contribution in [0.15, 0.2) is 24.3 Å². The lowest BCUT2D eigenvalue weighted by Crippen LogP contribution is -2.31. The molecule has 0 aliphatic carbocycles. The molecule has 0 amide bonds. The first-order chi connectivity index (χ1) is 8.04. The summed E-state index contributed by atoms with van der Waals surface area (Å²) in [6.07, 6.45) is 0. The van der Waals surface area contributed by atoms with Crippen LogP contribution >= 0.6 is 0 Å². The van der Waals surface area contributed by atoms with Crippen LogP contribution in [0.5, 0.6) is 0 Å². The summed E-state index contributed by atoms with van der Waals surface area (Å²) in [5, 5.41) is 9.16. The Balaban J connectivity index is 2.99. The van der Waals surface area contributed by atoms with Crippen molar-refractivity contribution >= 4 is 5.69 Å². The average Bonchev–Trinajstić information content (AvgIpc) is 2.27. The first-order valence-electron chi connectivity index (χ1n) is 6.28. The van der Waals surface area contributed by atoms with E-state index in [1.807, 2.05) is 24.3 Å². The van der Waals surface area contributed by atoms with E-state index in [1.54, 1.807) is 0 Å². The molecule has 0 aromatic heterocycles. The van der Waals surface area contributed by atoms with Gasteiger partial charge in [0, 0.05) is 13.1 Å². The minimum absolute atomic E-state index is 0.598. The van der Waals surface area contributed by atoms with Crippen LogP contribution < -0.4 is 4.90 Å². The highest BCUT2D eigenvalue weighted by molar-refractivity contribution is 5.59. The number of hydrogen-bond acceptors (Lipinski definition) is 2. The zero-order valence-corrected chi connectivity index (χ0v) is 11.3. The third-order valence-electron chi connectivity index (χ3n) is 2.54. The van der Waals surface area contributed by atoms with Crippen LogP contribution in [0.3, 0.4) is 0 Å². The van der Waals surface area contributed by atoms with E-state index in [-0.39, 0.29) is 0 Å². The summed E-state index contributed by atoms with van der Waals surface area (Å²) in [4.78, 5) is 2.33. The highest BCUT2D eigenvalue weighted by Crippen LogP contribution is 2.21. The summed E-state index contributed by atoms with van der Waals surface area (Å²) in [5.74, 6) is 1.20. The fraction of sp³-hybridized carbons (Fsp3) is 0.533. The molecule has 0 aliphatic heterocycles. The van der Waals surface area contributed by atoms with Crippen molar-refractivity contribution < 1.29 is 0 Å². The van der Waals surface area contributed by atoms with Crippen molar-refractivity contribution in [3.05, 3.63) is 29.8 Å². The summed E-state index contributed by atoms with van der Waals surface area (Å²) in [7, 11) is 0. The molecule has 0 N–H and O–H groups in total. The lowest BCUT2D eigenvalue weighted by Gasteiger charge is -2.29. The fourth-order valence-corrected chi connectivity index (χ4v) is 2.00. The summed E-state index contributed by atoms with van der Waals surface area (Å²) in [5.41, 5.74) is 1.84. The second-order valence-corrected chi connectivity index (χ2v) is 5.32. The molecule has 0 aliphatic rings. The van der Waals surface area contributed by atoms with Crippen molar-refractivity contribution in [2.24, 2.45) is 11.8 Å². The molecule has 1 rings (SSSR count). The average molecular weight is 230 g/mol. The zero-order chi connectivity index (χ0) is 12.8. The van der Waals surface area contributed by atoms with E-state index in [9.17, 15) is 0 Å². The fourth-order valence-electron chi connectivity index (χ4n) is 2.00. The van der Waals surface area contributed by atoms with Crippen LogP contribution in [-0.4, -0.2) is 13.1 Å². The molecule has 0 spiro atoms. The van der Waals surface area contributed by atoms with Gasteiger partial charge in [-0.1, -0.05) is 39.8 Å². The van der Waals surface area contributed by atoms with Crippen molar-refractivity contribution in [3.8, 4) is 6.07 Å². The van der Waals surface area contributed by atoms with E-state index in [4.69, 9.17) is 5.26 Å². The lowest BCUT2D eigenvalue weighted by atomic mass is 10.1. The maximum atomic E-state index is 9.16. The Labute approximate surface area is 105 Å². The molecule has 1 aromatic carbocycles. The van der Waals surface area contributed by atoms with Gasteiger partial charge in [-0.3, -0.25) is 0 Å². The molecule has 0 atom stereocenters. The SMILES string of the molecule is CC(C)CN(CC(C)C)c1ccccc1C#N.